The maximum atomic E-state index is 12.4. The Morgan fingerprint density at radius 2 is 1.88 bits per heavy atom. The Morgan fingerprint density at radius 1 is 1.20 bits per heavy atom. The van der Waals surface area contributed by atoms with Gasteiger partial charge in [0.1, 0.15) is 6.04 Å². The minimum absolute atomic E-state index is 0.0954. The molecular formula is C21H29N2OS+. The summed E-state index contributed by atoms with van der Waals surface area (Å²) in [6, 6.07) is 13.7. The standard InChI is InChI=1S/C21H28N2OS/c1-4-14(2)16-7-9-17(10-8-16)20(19-6-5-13-25-19)22-15(3)21(24)23-18-11-12-18/h5-10,13-15,18,20,22H,4,11-12H2,1-3H3,(H,23,24)/p+1/t14-,15-,20-/m0/s1. The van der Waals surface area contributed by atoms with Crippen LogP contribution in [-0.4, -0.2) is 18.0 Å². The van der Waals surface area contributed by atoms with E-state index in [2.05, 4.69) is 66.3 Å². The summed E-state index contributed by atoms with van der Waals surface area (Å²) < 4.78 is 0. The van der Waals surface area contributed by atoms with Gasteiger partial charge in [-0.3, -0.25) is 4.79 Å². The van der Waals surface area contributed by atoms with Gasteiger partial charge in [-0.2, -0.15) is 0 Å². The smallest absolute Gasteiger partial charge is 0.278 e. The summed E-state index contributed by atoms with van der Waals surface area (Å²) in [5, 5.41) is 7.43. The van der Waals surface area contributed by atoms with E-state index in [1.165, 1.54) is 16.0 Å². The third kappa shape index (κ3) is 4.71. The van der Waals surface area contributed by atoms with Gasteiger partial charge in [0.2, 0.25) is 0 Å². The Labute approximate surface area is 154 Å². The van der Waals surface area contributed by atoms with Crippen molar-refractivity contribution in [3.05, 3.63) is 57.8 Å². The average molecular weight is 358 g/mol. The van der Waals surface area contributed by atoms with Crippen LogP contribution < -0.4 is 10.6 Å². The monoisotopic (exact) mass is 357 g/mol. The van der Waals surface area contributed by atoms with Crippen LogP contribution in [0.15, 0.2) is 41.8 Å². The minimum Gasteiger partial charge on any atom is -0.348 e. The summed E-state index contributed by atoms with van der Waals surface area (Å²) in [5.41, 5.74) is 2.65. The highest BCUT2D eigenvalue weighted by atomic mass is 32.1. The highest BCUT2D eigenvalue weighted by Gasteiger charge is 2.30. The van der Waals surface area contributed by atoms with E-state index in [1.54, 1.807) is 11.3 Å². The van der Waals surface area contributed by atoms with E-state index >= 15 is 0 Å². The highest BCUT2D eigenvalue weighted by molar-refractivity contribution is 7.10. The molecule has 1 heterocycles. The average Bonchev–Trinajstić information content (AvgIpc) is 3.28. The van der Waals surface area contributed by atoms with E-state index in [1.807, 2.05) is 6.92 Å². The number of quaternary nitrogens is 1. The van der Waals surface area contributed by atoms with Crippen LogP contribution in [0.25, 0.3) is 0 Å². The van der Waals surface area contributed by atoms with E-state index in [9.17, 15) is 4.79 Å². The molecule has 0 saturated heterocycles. The lowest BCUT2D eigenvalue weighted by atomic mass is 9.95. The summed E-state index contributed by atoms with van der Waals surface area (Å²) in [5.74, 6) is 0.738. The molecule has 0 spiro atoms. The second kappa shape index (κ2) is 8.15. The van der Waals surface area contributed by atoms with Crippen LogP contribution >= 0.6 is 11.3 Å². The fourth-order valence-electron chi connectivity index (χ4n) is 3.04. The summed E-state index contributed by atoms with van der Waals surface area (Å²) in [6.07, 6.45) is 3.41. The Morgan fingerprint density at radius 3 is 2.44 bits per heavy atom. The highest BCUT2D eigenvalue weighted by Crippen LogP contribution is 2.26. The quantitative estimate of drug-likeness (QED) is 0.745. The first-order valence-electron chi connectivity index (χ1n) is 9.37. The number of hydrogen-bond donors (Lipinski definition) is 2. The molecule has 1 amide bonds. The van der Waals surface area contributed by atoms with Gasteiger partial charge < -0.3 is 10.6 Å². The first-order chi connectivity index (χ1) is 12.1. The second-order valence-corrected chi connectivity index (χ2v) is 8.21. The number of benzene rings is 1. The normalized spacial score (nSPS) is 17.7. The third-order valence-electron chi connectivity index (χ3n) is 5.15. The first kappa shape index (κ1) is 18.2. The van der Waals surface area contributed by atoms with Crippen molar-refractivity contribution in [2.45, 2.75) is 64.1 Å². The fraction of sp³-hybridized carbons (Fsp3) is 0.476. The van der Waals surface area contributed by atoms with Crippen molar-refractivity contribution in [3.8, 4) is 0 Å². The summed E-state index contributed by atoms with van der Waals surface area (Å²) >= 11 is 1.76. The minimum atomic E-state index is -0.0954. The number of amides is 1. The molecule has 3 atom stereocenters. The summed E-state index contributed by atoms with van der Waals surface area (Å²) in [7, 11) is 0. The van der Waals surface area contributed by atoms with Crippen LogP contribution in [0, 0.1) is 0 Å². The van der Waals surface area contributed by atoms with E-state index in [0.29, 0.717) is 12.0 Å². The molecule has 3 nitrogen and oxygen atoms in total. The molecule has 1 aromatic carbocycles. The topological polar surface area (TPSA) is 45.7 Å². The number of carbonyl (C=O) groups excluding carboxylic acids is 1. The van der Waals surface area contributed by atoms with Crippen molar-refractivity contribution in [2.24, 2.45) is 0 Å². The molecule has 25 heavy (non-hydrogen) atoms. The molecule has 4 heteroatoms. The molecule has 1 aliphatic carbocycles. The largest absolute Gasteiger partial charge is 0.348 e. The zero-order chi connectivity index (χ0) is 17.8. The molecule has 3 N–H and O–H groups in total. The van der Waals surface area contributed by atoms with Gasteiger partial charge in [0.25, 0.3) is 5.91 Å². The lowest BCUT2D eigenvalue weighted by molar-refractivity contribution is -0.704. The Bertz CT molecular complexity index is 676. The molecule has 2 aromatic rings. The Balaban J connectivity index is 1.76. The molecule has 0 aliphatic heterocycles. The van der Waals surface area contributed by atoms with Crippen molar-refractivity contribution in [3.63, 3.8) is 0 Å². The molecule has 1 aliphatic rings. The van der Waals surface area contributed by atoms with Crippen LogP contribution in [0.5, 0.6) is 0 Å². The van der Waals surface area contributed by atoms with Gasteiger partial charge in [-0.25, -0.2) is 0 Å². The Kier molecular flexibility index (Phi) is 5.92. The number of nitrogens with two attached hydrogens (primary N) is 1. The third-order valence-corrected chi connectivity index (χ3v) is 6.10. The molecule has 3 rings (SSSR count). The van der Waals surface area contributed by atoms with Crippen molar-refractivity contribution in [1.29, 1.82) is 0 Å². The van der Waals surface area contributed by atoms with Crippen LogP contribution in [-0.2, 0) is 4.79 Å². The van der Waals surface area contributed by atoms with E-state index in [4.69, 9.17) is 0 Å². The van der Waals surface area contributed by atoms with Crippen molar-refractivity contribution >= 4 is 17.2 Å². The molecule has 1 fully saturated rings. The molecule has 134 valence electrons. The number of hydrogen-bond acceptors (Lipinski definition) is 2. The number of thiophene rings is 1. The van der Waals surface area contributed by atoms with Crippen molar-refractivity contribution in [2.75, 3.05) is 0 Å². The van der Waals surface area contributed by atoms with Gasteiger partial charge in [-0.1, -0.05) is 44.2 Å². The molecular weight excluding hydrogens is 328 g/mol. The van der Waals surface area contributed by atoms with Crippen molar-refractivity contribution < 1.29 is 10.1 Å². The lowest BCUT2D eigenvalue weighted by Crippen LogP contribution is -2.92. The zero-order valence-corrected chi connectivity index (χ0v) is 16.2. The number of rotatable bonds is 8. The van der Waals surface area contributed by atoms with Crippen LogP contribution in [0.4, 0.5) is 0 Å². The number of nitrogens with one attached hydrogen (secondary N) is 1. The van der Waals surface area contributed by atoms with Crippen LogP contribution in [0.2, 0.25) is 0 Å². The van der Waals surface area contributed by atoms with Gasteiger partial charge in [-0.05, 0) is 49.1 Å². The zero-order valence-electron chi connectivity index (χ0n) is 15.4. The molecule has 0 unspecified atom stereocenters. The maximum absolute atomic E-state index is 12.4. The Hall–Kier alpha value is -1.65. The molecule has 0 bridgehead atoms. The fourth-order valence-corrected chi connectivity index (χ4v) is 3.88. The van der Waals surface area contributed by atoms with Crippen molar-refractivity contribution in [1.82, 2.24) is 5.32 Å². The lowest BCUT2D eigenvalue weighted by Gasteiger charge is -2.20. The predicted octanol–water partition coefficient (Wildman–Crippen LogP) is 3.58. The van der Waals surface area contributed by atoms with Gasteiger partial charge in [0, 0.05) is 11.6 Å². The maximum Gasteiger partial charge on any atom is 0.278 e. The van der Waals surface area contributed by atoms with Gasteiger partial charge >= 0.3 is 0 Å². The van der Waals surface area contributed by atoms with Gasteiger partial charge in [-0.15, -0.1) is 11.3 Å². The van der Waals surface area contributed by atoms with Crippen LogP contribution in [0.1, 0.15) is 68.0 Å². The van der Waals surface area contributed by atoms with E-state index in [-0.39, 0.29) is 18.0 Å². The van der Waals surface area contributed by atoms with E-state index < -0.39 is 0 Å². The predicted molar refractivity (Wildman–Crippen MR) is 104 cm³/mol. The van der Waals surface area contributed by atoms with Crippen LogP contribution in [0.3, 0.4) is 0 Å². The second-order valence-electron chi connectivity index (χ2n) is 7.23. The van der Waals surface area contributed by atoms with Gasteiger partial charge in [0.05, 0.1) is 4.88 Å². The summed E-state index contributed by atoms with van der Waals surface area (Å²) in [6.45, 7) is 6.50. The molecule has 0 radical (unpaired) electrons. The van der Waals surface area contributed by atoms with E-state index in [0.717, 1.165) is 19.3 Å². The number of carbonyl (C=O) groups is 1. The molecule has 1 aromatic heterocycles. The summed E-state index contributed by atoms with van der Waals surface area (Å²) in [4.78, 5) is 13.7. The first-order valence-corrected chi connectivity index (χ1v) is 10.2. The SMILES string of the molecule is CC[C@H](C)c1ccc([C@H]([NH2+][C@@H](C)C(=O)NC2CC2)c2cccs2)cc1. The van der Waals surface area contributed by atoms with Gasteiger partial charge in [0.15, 0.2) is 6.04 Å². The molecule has 1 saturated carbocycles.